The summed E-state index contributed by atoms with van der Waals surface area (Å²) in [4.78, 5) is 4.51. The first-order valence-corrected chi connectivity index (χ1v) is 7.02. The fourth-order valence-corrected chi connectivity index (χ4v) is 2.14. The van der Waals surface area contributed by atoms with E-state index in [-0.39, 0.29) is 6.04 Å². The van der Waals surface area contributed by atoms with E-state index in [4.69, 9.17) is 22.1 Å². The maximum atomic E-state index is 6.12. The van der Waals surface area contributed by atoms with E-state index in [1.54, 1.807) is 0 Å². The van der Waals surface area contributed by atoms with Gasteiger partial charge in [-0.3, -0.25) is 4.98 Å². The Labute approximate surface area is 124 Å². The first kappa shape index (κ1) is 14.8. The molecular formula is C16H19ClN2O. The number of pyridine rings is 1. The minimum absolute atomic E-state index is 0.0481. The molecule has 0 amide bonds. The molecule has 4 heteroatoms. The Morgan fingerprint density at radius 3 is 2.70 bits per heavy atom. The SMILES string of the molecule is Cc1ccc(OCc2ccccc2Cl)c(CC(C)N)n1. The molecule has 0 fully saturated rings. The molecule has 3 nitrogen and oxygen atoms in total. The first-order valence-electron chi connectivity index (χ1n) is 6.64. The highest BCUT2D eigenvalue weighted by atomic mass is 35.5. The molecule has 106 valence electrons. The number of ether oxygens (including phenoxy) is 1. The van der Waals surface area contributed by atoms with Crippen LogP contribution in [0, 0.1) is 6.92 Å². The van der Waals surface area contributed by atoms with Crippen LogP contribution < -0.4 is 10.5 Å². The molecule has 0 saturated carbocycles. The summed E-state index contributed by atoms with van der Waals surface area (Å²) in [5, 5.41) is 0.710. The van der Waals surface area contributed by atoms with Crippen LogP contribution in [-0.4, -0.2) is 11.0 Å². The monoisotopic (exact) mass is 290 g/mol. The van der Waals surface area contributed by atoms with E-state index in [9.17, 15) is 0 Å². The van der Waals surface area contributed by atoms with E-state index in [0.717, 1.165) is 22.7 Å². The second-order valence-corrected chi connectivity index (χ2v) is 5.37. The van der Waals surface area contributed by atoms with Crippen molar-refractivity contribution in [2.24, 2.45) is 5.73 Å². The van der Waals surface area contributed by atoms with E-state index in [2.05, 4.69) is 4.98 Å². The molecule has 0 aliphatic carbocycles. The highest BCUT2D eigenvalue weighted by Gasteiger charge is 2.09. The Hall–Kier alpha value is -1.58. The van der Waals surface area contributed by atoms with Crippen molar-refractivity contribution in [2.45, 2.75) is 32.9 Å². The zero-order valence-electron chi connectivity index (χ0n) is 11.8. The predicted molar refractivity (Wildman–Crippen MR) is 82.1 cm³/mol. The number of benzene rings is 1. The van der Waals surface area contributed by atoms with Crippen LogP contribution in [0.3, 0.4) is 0 Å². The number of nitrogens with two attached hydrogens (primary N) is 1. The molecule has 2 aromatic rings. The van der Waals surface area contributed by atoms with Gasteiger partial charge >= 0.3 is 0 Å². The molecule has 1 heterocycles. The summed E-state index contributed by atoms with van der Waals surface area (Å²) < 4.78 is 5.86. The fourth-order valence-electron chi connectivity index (χ4n) is 1.95. The maximum Gasteiger partial charge on any atom is 0.141 e. The van der Waals surface area contributed by atoms with Crippen molar-refractivity contribution in [3.8, 4) is 5.75 Å². The highest BCUT2D eigenvalue weighted by molar-refractivity contribution is 6.31. The van der Waals surface area contributed by atoms with Gasteiger partial charge in [0.05, 0.1) is 5.69 Å². The van der Waals surface area contributed by atoms with Crippen molar-refractivity contribution in [1.29, 1.82) is 0 Å². The van der Waals surface area contributed by atoms with Crippen molar-refractivity contribution in [1.82, 2.24) is 4.98 Å². The van der Waals surface area contributed by atoms with Gasteiger partial charge in [-0.2, -0.15) is 0 Å². The van der Waals surface area contributed by atoms with Crippen LogP contribution in [-0.2, 0) is 13.0 Å². The standard InChI is InChI=1S/C16H19ClN2O/c1-11(18)9-15-16(8-7-12(2)19-15)20-10-13-5-3-4-6-14(13)17/h3-8,11H,9-10,18H2,1-2H3. The summed E-state index contributed by atoms with van der Waals surface area (Å²) in [7, 11) is 0. The maximum absolute atomic E-state index is 6.12. The van der Waals surface area contributed by atoms with Crippen molar-refractivity contribution in [3.05, 3.63) is 58.4 Å². The largest absolute Gasteiger partial charge is 0.487 e. The van der Waals surface area contributed by atoms with Crippen molar-refractivity contribution in [2.75, 3.05) is 0 Å². The lowest BCUT2D eigenvalue weighted by Crippen LogP contribution is -2.19. The van der Waals surface area contributed by atoms with Crippen LogP contribution in [0.4, 0.5) is 0 Å². The van der Waals surface area contributed by atoms with Gasteiger partial charge in [-0.15, -0.1) is 0 Å². The van der Waals surface area contributed by atoms with Crippen LogP contribution in [0.5, 0.6) is 5.75 Å². The molecule has 0 spiro atoms. The van der Waals surface area contributed by atoms with E-state index in [0.29, 0.717) is 18.1 Å². The fraction of sp³-hybridized carbons (Fsp3) is 0.312. The van der Waals surface area contributed by atoms with Gasteiger partial charge < -0.3 is 10.5 Å². The second kappa shape index (κ2) is 6.73. The zero-order chi connectivity index (χ0) is 14.5. The molecule has 0 radical (unpaired) electrons. The molecule has 1 aromatic heterocycles. The Balaban J connectivity index is 2.15. The van der Waals surface area contributed by atoms with Gasteiger partial charge in [-0.25, -0.2) is 0 Å². The number of hydrogen-bond acceptors (Lipinski definition) is 3. The minimum atomic E-state index is 0.0481. The molecule has 1 atom stereocenters. The van der Waals surface area contributed by atoms with Gasteiger partial charge in [0.15, 0.2) is 0 Å². The van der Waals surface area contributed by atoms with Crippen LogP contribution in [0.25, 0.3) is 0 Å². The third-order valence-electron chi connectivity index (χ3n) is 2.93. The summed E-state index contributed by atoms with van der Waals surface area (Å²) >= 11 is 6.12. The Morgan fingerprint density at radius 2 is 2.00 bits per heavy atom. The van der Waals surface area contributed by atoms with Gasteiger partial charge in [-0.05, 0) is 32.0 Å². The lowest BCUT2D eigenvalue weighted by Gasteiger charge is -2.13. The number of aryl methyl sites for hydroxylation is 1. The van der Waals surface area contributed by atoms with Gasteiger partial charge in [-0.1, -0.05) is 29.8 Å². The molecule has 0 bridgehead atoms. The van der Waals surface area contributed by atoms with Crippen LogP contribution >= 0.6 is 11.6 Å². The number of halogens is 1. The van der Waals surface area contributed by atoms with E-state index < -0.39 is 0 Å². The van der Waals surface area contributed by atoms with Crippen LogP contribution in [0.2, 0.25) is 5.02 Å². The van der Waals surface area contributed by atoms with Gasteiger partial charge in [0.2, 0.25) is 0 Å². The summed E-state index contributed by atoms with van der Waals surface area (Å²) in [6.07, 6.45) is 0.694. The van der Waals surface area contributed by atoms with Crippen molar-refractivity contribution >= 4 is 11.6 Å². The molecule has 0 aliphatic heterocycles. The quantitative estimate of drug-likeness (QED) is 0.916. The summed E-state index contributed by atoms with van der Waals surface area (Å²) in [6, 6.07) is 11.6. The number of aromatic nitrogens is 1. The third-order valence-corrected chi connectivity index (χ3v) is 3.30. The smallest absolute Gasteiger partial charge is 0.141 e. The lowest BCUT2D eigenvalue weighted by atomic mass is 10.1. The number of hydrogen-bond donors (Lipinski definition) is 1. The van der Waals surface area contributed by atoms with Gasteiger partial charge in [0.25, 0.3) is 0 Å². The number of nitrogens with zero attached hydrogens (tertiary/aromatic N) is 1. The molecule has 0 saturated heterocycles. The van der Waals surface area contributed by atoms with Crippen LogP contribution in [0.15, 0.2) is 36.4 Å². The van der Waals surface area contributed by atoms with E-state index in [1.807, 2.05) is 50.2 Å². The number of rotatable bonds is 5. The first-order chi connectivity index (χ1) is 9.56. The molecule has 2 N–H and O–H groups in total. The normalized spacial score (nSPS) is 12.2. The highest BCUT2D eigenvalue weighted by Crippen LogP contribution is 2.22. The average Bonchev–Trinajstić information content (AvgIpc) is 2.39. The molecule has 20 heavy (non-hydrogen) atoms. The third kappa shape index (κ3) is 3.95. The van der Waals surface area contributed by atoms with E-state index in [1.165, 1.54) is 0 Å². The Kier molecular flexibility index (Phi) is 4.99. The molecule has 0 aliphatic rings. The average molecular weight is 291 g/mol. The van der Waals surface area contributed by atoms with Gasteiger partial charge in [0, 0.05) is 28.7 Å². The lowest BCUT2D eigenvalue weighted by molar-refractivity contribution is 0.300. The molecule has 2 rings (SSSR count). The molecular weight excluding hydrogens is 272 g/mol. The predicted octanol–water partition coefficient (Wildman–Crippen LogP) is 3.51. The summed E-state index contributed by atoms with van der Waals surface area (Å²) in [6.45, 7) is 4.35. The van der Waals surface area contributed by atoms with Crippen LogP contribution in [0.1, 0.15) is 23.9 Å². The van der Waals surface area contributed by atoms with Crippen molar-refractivity contribution in [3.63, 3.8) is 0 Å². The zero-order valence-corrected chi connectivity index (χ0v) is 12.5. The molecule has 1 aromatic carbocycles. The molecule has 1 unspecified atom stereocenters. The Morgan fingerprint density at radius 1 is 1.25 bits per heavy atom. The topological polar surface area (TPSA) is 48.1 Å². The van der Waals surface area contributed by atoms with Crippen molar-refractivity contribution < 1.29 is 4.74 Å². The van der Waals surface area contributed by atoms with Gasteiger partial charge in [0.1, 0.15) is 12.4 Å². The second-order valence-electron chi connectivity index (χ2n) is 4.96. The van der Waals surface area contributed by atoms with E-state index >= 15 is 0 Å². The summed E-state index contributed by atoms with van der Waals surface area (Å²) in [5.74, 6) is 0.771. The minimum Gasteiger partial charge on any atom is -0.487 e. The summed E-state index contributed by atoms with van der Waals surface area (Å²) in [5.41, 5.74) is 8.68. The Bertz CT molecular complexity index is 584.